The molecular weight excluding hydrogens is 380 g/mol. The van der Waals surface area contributed by atoms with Crippen LogP contribution in [-0.4, -0.2) is 6.54 Å². The Bertz CT molecular complexity index is 974. The van der Waals surface area contributed by atoms with E-state index < -0.39 is 0 Å². The van der Waals surface area contributed by atoms with Crippen molar-refractivity contribution in [3.05, 3.63) is 58.6 Å². The topological polar surface area (TPSA) is 7.12 Å². The highest BCUT2D eigenvalue weighted by molar-refractivity contribution is 8.03. The van der Waals surface area contributed by atoms with E-state index in [0.29, 0.717) is 0 Å². The van der Waals surface area contributed by atoms with Crippen LogP contribution < -0.4 is 9.47 Å². The maximum Gasteiger partial charge on any atom is 0.265 e. The van der Waals surface area contributed by atoms with Crippen molar-refractivity contribution < 1.29 is 4.57 Å². The normalized spacial score (nSPS) is 14.9. The number of unbranched alkanes of at least 4 members (excludes halogenated alkanes) is 4. The first-order valence-electron chi connectivity index (χ1n) is 10.5. The van der Waals surface area contributed by atoms with Crippen molar-refractivity contribution in [2.24, 2.45) is 0 Å². The monoisotopic (exact) mass is 409 g/mol. The second-order valence-corrected chi connectivity index (χ2v) is 9.39. The number of benzene rings is 2. The average molecular weight is 410 g/mol. The van der Waals surface area contributed by atoms with E-state index in [4.69, 9.17) is 0 Å². The van der Waals surface area contributed by atoms with E-state index in [2.05, 4.69) is 77.9 Å². The zero-order chi connectivity index (χ0) is 19.3. The van der Waals surface area contributed by atoms with E-state index in [-0.39, 0.29) is 0 Å². The summed E-state index contributed by atoms with van der Waals surface area (Å²) in [4.78, 5) is 3.80. The summed E-state index contributed by atoms with van der Waals surface area (Å²) in [6.07, 6.45) is 8.99. The highest BCUT2D eigenvalue weighted by atomic mass is 32.2. The summed E-state index contributed by atoms with van der Waals surface area (Å²) >= 11 is 3.81. The molecule has 3 aromatic rings. The summed E-state index contributed by atoms with van der Waals surface area (Å²) in [7, 11) is 0. The van der Waals surface area contributed by atoms with Crippen LogP contribution in [0.1, 0.15) is 51.0 Å². The van der Waals surface area contributed by atoms with Crippen LogP contribution in [-0.2, 0) is 6.54 Å². The van der Waals surface area contributed by atoms with Crippen molar-refractivity contribution in [1.82, 2.24) is 0 Å². The van der Waals surface area contributed by atoms with E-state index in [1.807, 2.05) is 23.1 Å². The van der Waals surface area contributed by atoms with Crippen LogP contribution in [0.15, 0.2) is 58.5 Å². The van der Waals surface area contributed by atoms with Crippen molar-refractivity contribution in [3.8, 4) is 0 Å². The van der Waals surface area contributed by atoms with Gasteiger partial charge in [-0.15, -0.1) is 0 Å². The summed E-state index contributed by atoms with van der Waals surface area (Å²) in [5.41, 5.74) is 2.71. The molecule has 4 rings (SSSR count). The van der Waals surface area contributed by atoms with Crippen LogP contribution in [0.4, 0.5) is 5.69 Å². The van der Waals surface area contributed by atoms with Gasteiger partial charge >= 0.3 is 0 Å². The summed E-state index contributed by atoms with van der Waals surface area (Å²) in [5, 5.41) is 2.71. The summed E-state index contributed by atoms with van der Waals surface area (Å²) in [5.74, 6) is 0. The maximum absolute atomic E-state index is 2.54. The summed E-state index contributed by atoms with van der Waals surface area (Å²) in [6, 6.07) is 17.6. The number of aryl methyl sites for hydroxylation is 1. The SMILES string of the molecule is CCCCCCC[n+]1c(/C=C2\Sc3ccccc3N2CC)sc2ccccc21. The predicted octanol–water partition coefficient (Wildman–Crippen LogP) is 7.09. The first kappa shape index (κ1) is 19.5. The molecule has 2 nitrogen and oxygen atoms in total. The number of fused-ring (bicyclic) bond motifs is 2. The lowest BCUT2D eigenvalue weighted by Gasteiger charge is -2.17. The van der Waals surface area contributed by atoms with Gasteiger partial charge in [0, 0.05) is 23.9 Å². The summed E-state index contributed by atoms with van der Waals surface area (Å²) in [6.45, 7) is 6.62. The number of hydrogen-bond acceptors (Lipinski definition) is 3. The lowest BCUT2D eigenvalue weighted by atomic mass is 10.1. The van der Waals surface area contributed by atoms with Gasteiger partial charge < -0.3 is 4.90 Å². The third-order valence-electron chi connectivity index (χ3n) is 5.32. The lowest BCUT2D eigenvalue weighted by molar-refractivity contribution is -0.669. The van der Waals surface area contributed by atoms with E-state index >= 15 is 0 Å². The van der Waals surface area contributed by atoms with Gasteiger partial charge in [0.2, 0.25) is 5.52 Å². The first-order valence-corrected chi connectivity index (χ1v) is 12.1. The number of para-hydroxylation sites is 2. The first-order chi connectivity index (χ1) is 13.8. The number of nitrogens with zero attached hydrogens (tertiary/aromatic N) is 2. The van der Waals surface area contributed by atoms with E-state index in [0.717, 1.165) is 13.1 Å². The molecule has 0 N–H and O–H groups in total. The Morgan fingerprint density at radius 1 is 0.929 bits per heavy atom. The molecule has 0 amide bonds. The van der Waals surface area contributed by atoms with E-state index in [9.17, 15) is 0 Å². The minimum atomic E-state index is 0.998. The van der Waals surface area contributed by atoms with Crippen LogP contribution in [0.2, 0.25) is 0 Å². The minimum Gasteiger partial charge on any atom is -0.335 e. The number of thioether (sulfide) groups is 1. The molecule has 2 heterocycles. The number of thiazole rings is 1. The highest BCUT2D eigenvalue weighted by Crippen LogP contribution is 2.46. The zero-order valence-electron chi connectivity index (χ0n) is 16.9. The Morgan fingerprint density at radius 2 is 1.71 bits per heavy atom. The van der Waals surface area contributed by atoms with Crippen LogP contribution in [0, 0.1) is 0 Å². The number of aromatic nitrogens is 1. The molecule has 0 atom stereocenters. The standard InChI is InChI=1S/C24H29N2S2/c1-3-5-6-7-12-17-26-20-14-9-11-16-22(20)28-24(26)18-23-25(4-2)19-13-8-10-15-21(19)27-23/h8-11,13-16,18H,3-7,12,17H2,1-2H3/q+1. The number of rotatable bonds is 8. The Balaban J connectivity index is 1.65. The van der Waals surface area contributed by atoms with Crippen molar-refractivity contribution in [1.29, 1.82) is 0 Å². The largest absolute Gasteiger partial charge is 0.335 e. The predicted molar refractivity (Wildman–Crippen MR) is 124 cm³/mol. The van der Waals surface area contributed by atoms with Crippen molar-refractivity contribution in [2.75, 3.05) is 11.4 Å². The molecule has 0 saturated carbocycles. The molecule has 2 aromatic carbocycles. The Labute approximate surface area is 176 Å². The third kappa shape index (κ3) is 3.99. The van der Waals surface area contributed by atoms with Crippen LogP contribution in [0.5, 0.6) is 0 Å². The molecule has 1 aromatic heterocycles. The van der Waals surface area contributed by atoms with Crippen molar-refractivity contribution >= 4 is 45.1 Å². The van der Waals surface area contributed by atoms with Gasteiger partial charge in [-0.3, -0.25) is 0 Å². The molecule has 0 fully saturated rings. The fraction of sp³-hybridized carbons (Fsp3) is 0.375. The van der Waals surface area contributed by atoms with Gasteiger partial charge in [-0.05, 0) is 31.5 Å². The van der Waals surface area contributed by atoms with Gasteiger partial charge in [0.15, 0.2) is 6.54 Å². The van der Waals surface area contributed by atoms with E-state index in [1.54, 1.807) is 0 Å². The molecule has 1 aliphatic rings. The number of anilines is 1. The van der Waals surface area contributed by atoms with Crippen molar-refractivity contribution in [2.45, 2.75) is 57.4 Å². The molecule has 0 spiro atoms. The van der Waals surface area contributed by atoms with Crippen LogP contribution >= 0.6 is 23.1 Å². The quantitative estimate of drug-likeness (QED) is 0.289. The van der Waals surface area contributed by atoms with Gasteiger partial charge in [-0.1, -0.05) is 73.6 Å². The maximum atomic E-state index is 2.54. The van der Waals surface area contributed by atoms with Gasteiger partial charge in [-0.25, -0.2) is 0 Å². The molecule has 0 unspecified atom stereocenters. The second kappa shape index (κ2) is 9.15. The average Bonchev–Trinajstić information content (AvgIpc) is 3.25. The van der Waals surface area contributed by atoms with E-state index in [1.165, 1.54) is 62.9 Å². The smallest absolute Gasteiger partial charge is 0.265 e. The fourth-order valence-electron chi connectivity index (χ4n) is 3.86. The van der Waals surface area contributed by atoms with Crippen LogP contribution in [0.25, 0.3) is 16.3 Å². The Kier molecular flexibility index (Phi) is 6.38. The lowest BCUT2D eigenvalue weighted by Crippen LogP contribution is -2.35. The van der Waals surface area contributed by atoms with Gasteiger partial charge in [0.25, 0.3) is 5.01 Å². The molecule has 28 heavy (non-hydrogen) atoms. The fourth-order valence-corrected chi connectivity index (χ4v) is 6.22. The summed E-state index contributed by atoms with van der Waals surface area (Å²) < 4.78 is 3.92. The Hall–Kier alpha value is -1.78. The van der Waals surface area contributed by atoms with Crippen LogP contribution in [0.3, 0.4) is 0 Å². The second-order valence-electron chi connectivity index (χ2n) is 7.27. The van der Waals surface area contributed by atoms with Gasteiger partial charge in [-0.2, -0.15) is 4.57 Å². The van der Waals surface area contributed by atoms with Gasteiger partial charge in [0.05, 0.1) is 16.8 Å². The molecule has 0 saturated heterocycles. The van der Waals surface area contributed by atoms with Gasteiger partial charge in [0.1, 0.15) is 4.70 Å². The highest BCUT2D eigenvalue weighted by Gasteiger charge is 2.26. The Morgan fingerprint density at radius 3 is 2.57 bits per heavy atom. The third-order valence-corrected chi connectivity index (χ3v) is 7.55. The molecule has 0 aliphatic carbocycles. The molecule has 4 heteroatoms. The molecule has 0 bridgehead atoms. The minimum absolute atomic E-state index is 0.998. The zero-order valence-corrected chi connectivity index (χ0v) is 18.5. The number of hydrogen-bond donors (Lipinski definition) is 0. The molecule has 0 radical (unpaired) electrons. The van der Waals surface area contributed by atoms with Crippen molar-refractivity contribution in [3.63, 3.8) is 0 Å². The molecular formula is C24H29N2S2+. The molecule has 146 valence electrons. The molecule has 1 aliphatic heterocycles.